The van der Waals surface area contributed by atoms with Crippen LogP contribution in [0.5, 0.6) is 0 Å². The Kier molecular flexibility index (Phi) is 5.82. The molecule has 1 unspecified atom stereocenters. The molecule has 0 radical (unpaired) electrons. The summed E-state index contributed by atoms with van der Waals surface area (Å²) in [6.45, 7) is 9.03. The average Bonchev–Trinajstić information content (AvgIpc) is 2.42. The third-order valence-corrected chi connectivity index (χ3v) is 4.52. The van der Waals surface area contributed by atoms with Crippen molar-refractivity contribution >= 4 is 15.9 Å². The van der Waals surface area contributed by atoms with Gasteiger partial charge in [-0.15, -0.1) is 0 Å². The lowest BCUT2D eigenvalue weighted by Crippen LogP contribution is -2.50. The van der Waals surface area contributed by atoms with Gasteiger partial charge in [0.1, 0.15) is 0 Å². The summed E-state index contributed by atoms with van der Waals surface area (Å²) in [5, 5.41) is 3.41. The van der Waals surface area contributed by atoms with Crippen LogP contribution in [0.3, 0.4) is 0 Å². The molecule has 3 nitrogen and oxygen atoms in total. The van der Waals surface area contributed by atoms with Crippen molar-refractivity contribution in [2.45, 2.75) is 19.5 Å². The molecule has 1 N–H and O–H groups in total. The van der Waals surface area contributed by atoms with Crippen LogP contribution >= 0.6 is 15.9 Å². The molecule has 1 fully saturated rings. The van der Waals surface area contributed by atoms with Crippen LogP contribution in [0.1, 0.15) is 12.5 Å². The van der Waals surface area contributed by atoms with E-state index in [1.54, 1.807) is 0 Å². The van der Waals surface area contributed by atoms with Crippen LogP contribution in [-0.4, -0.2) is 55.6 Å². The average molecular weight is 326 g/mol. The molecule has 0 bridgehead atoms. The van der Waals surface area contributed by atoms with Crippen LogP contribution in [0.2, 0.25) is 0 Å². The number of piperazine rings is 1. The quantitative estimate of drug-likeness (QED) is 0.895. The number of halogens is 1. The van der Waals surface area contributed by atoms with Crippen molar-refractivity contribution in [1.82, 2.24) is 15.1 Å². The Morgan fingerprint density at radius 2 is 2.00 bits per heavy atom. The molecule has 2 rings (SSSR count). The Morgan fingerprint density at radius 3 is 2.68 bits per heavy atom. The lowest BCUT2D eigenvalue weighted by Gasteiger charge is -2.35. The van der Waals surface area contributed by atoms with Crippen LogP contribution in [0.25, 0.3) is 0 Å². The summed E-state index contributed by atoms with van der Waals surface area (Å²) >= 11 is 3.62. The van der Waals surface area contributed by atoms with E-state index in [1.165, 1.54) is 23.1 Å². The molecule has 1 aliphatic heterocycles. The van der Waals surface area contributed by atoms with E-state index in [0.29, 0.717) is 6.04 Å². The zero-order valence-electron chi connectivity index (χ0n) is 11.9. The highest BCUT2D eigenvalue weighted by atomic mass is 79.9. The maximum atomic E-state index is 3.62. The SMILES string of the molecule is CC(CN(C)Cc1ccccc1Br)N1CCNCC1. The lowest BCUT2D eigenvalue weighted by molar-refractivity contribution is 0.144. The highest BCUT2D eigenvalue weighted by Gasteiger charge is 2.17. The van der Waals surface area contributed by atoms with Crippen molar-refractivity contribution in [2.24, 2.45) is 0 Å². The van der Waals surface area contributed by atoms with Gasteiger partial charge < -0.3 is 10.2 Å². The molecular formula is C15H24BrN3. The van der Waals surface area contributed by atoms with Gasteiger partial charge in [-0.25, -0.2) is 0 Å². The summed E-state index contributed by atoms with van der Waals surface area (Å²) in [5.74, 6) is 0. The summed E-state index contributed by atoms with van der Waals surface area (Å²) in [7, 11) is 2.21. The second kappa shape index (κ2) is 7.39. The van der Waals surface area contributed by atoms with Crippen LogP contribution in [-0.2, 0) is 6.54 Å². The molecule has 4 heteroatoms. The standard InChI is InChI=1S/C15H24BrN3/c1-13(19-9-7-17-8-10-19)11-18(2)12-14-5-3-4-6-15(14)16/h3-6,13,17H,7-12H2,1-2H3. The van der Waals surface area contributed by atoms with Crippen molar-refractivity contribution in [3.63, 3.8) is 0 Å². The van der Waals surface area contributed by atoms with E-state index in [0.717, 1.165) is 26.2 Å². The summed E-state index contributed by atoms with van der Waals surface area (Å²) in [5.41, 5.74) is 1.36. The largest absolute Gasteiger partial charge is 0.314 e. The molecular weight excluding hydrogens is 302 g/mol. The highest BCUT2D eigenvalue weighted by molar-refractivity contribution is 9.10. The van der Waals surface area contributed by atoms with E-state index in [4.69, 9.17) is 0 Å². The van der Waals surface area contributed by atoms with Gasteiger partial charge in [0, 0.05) is 49.8 Å². The first-order valence-corrected chi connectivity index (χ1v) is 7.83. The number of nitrogens with one attached hydrogen (secondary N) is 1. The highest BCUT2D eigenvalue weighted by Crippen LogP contribution is 2.17. The van der Waals surface area contributed by atoms with E-state index >= 15 is 0 Å². The second-order valence-corrected chi connectivity index (χ2v) is 6.28. The predicted molar refractivity (Wildman–Crippen MR) is 84.4 cm³/mol. The van der Waals surface area contributed by atoms with Crippen LogP contribution in [0, 0.1) is 0 Å². The number of rotatable bonds is 5. The van der Waals surface area contributed by atoms with E-state index in [1.807, 2.05) is 0 Å². The fourth-order valence-electron chi connectivity index (χ4n) is 2.67. The zero-order valence-corrected chi connectivity index (χ0v) is 13.5. The predicted octanol–water partition coefficient (Wildman–Crippen LogP) is 2.17. The fourth-order valence-corrected chi connectivity index (χ4v) is 3.08. The molecule has 1 heterocycles. The molecule has 0 aliphatic carbocycles. The topological polar surface area (TPSA) is 18.5 Å². The maximum absolute atomic E-state index is 3.62. The molecule has 1 aromatic carbocycles. The summed E-state index contributed by atoms with van der Waals surface area (Å²) < 4.78 is 1.21. The number of likely N-dealkylation sites (N-methyl/N-ethyl adjacent to an activating group) is 1. The van der Waals surface area contributed by atoms with Gasteiger partial charge in [-0.2, -0.15) is 0 Å². The van der Waals surface area contributed by atoms with E-state index < -0.39 is 0 Å². The minimum Gasteiger partial charge on any atom is -0.314 e. The first kappa shape index (κ1) is 15.0. The maximum Gasteiger partial charge on any atom is 0.0242 e. The minimum atomic E-state index is 0.620. The number of hydrogen-bond acceptors (Lipinski definition) is 3. The Hall–Kier alpha value is -0.420. The molecule has 1 saturated heterocycles. The smallest absolute Gasteiger partial charge is 0.0242 e. The fraction of sp³-hybridized carbons (Fsp3) is 0.600. The van der Waals surface area contributed by atoms with Gasteiger partial charge in [-0.1, -0.05) is 34.1 Å². The third kappa shape index (κ3) is 4.56. The van der Waals surface area contributed by atoms with Gasteiger partial charge in [0.25, 0.3) is 0 Å². The van der Waals surface area contributed by atoms with E-state index in [-0.39, 0.29) is 0 Å². The van der Waals surface area contributed by atoms with Gasteiger partial charge in [-0.05, 0) is 25.6 Å². The number of benzene rings is 1. The molecule has 0 saturated carbocycles. The second-order valence-electron chi connectivity index (χ2n) is 5.42. The minimum absolute atomic E-state index is 0.620. The number of nitrogens with zero attached hydrogens (tertiary/aromatic N) is 2. The van der Waals surface area contributed by atoms with Gasteiger partial charge in [0.05, 0.1) is 0 Å². The lowest BCUT2D eigenvalue weighted by atomic mass is 10.2. The molecule has 106 valence electrons. The number of hydrogen-bond donors (Lipinski definition) is 1. The van der Waals surface area contributed by atoms with Crippen molar-refractivity contribution in [3.8, 4) is 0 Å². The van der Waals surface area contributed by atoms with Crippen molar-refractivity contribution in [2.75, 3.05) is 39.8 Å². The van der Waals surface area contributed by atoms with Crippen molar-refractivity contribution < 1.29 is 0 Å². The van der Waals surface area contributed by atoms with E-state index in [2.05, 4.69) is 69.3 Å². The third-order valence-electron chi connectivity index (χ3n) is 3.75. The molecule has 1 atom stereocenters. The van der Waals surface area contributed by atoms with Crippen LogP contribution in [0.4, 0.5) is 0 Å². The summed E-state index contributed by atoms with van der Waals surface area (Å²) in [6, 6.07) is 9.10. The van der Waals surface area contributed by atoms with Crippen molar-refractivity contribution in [1.29, 1.82) is 0 Å². The first-order valence-electron chi connectivity index (χ1n) is 7.03. The monoisotopic (exact) mass is 325 g/mol. The Bertz CT molecular complexity index is 391. The molecule has 0 spiro atoms. The van der Waals surface area contributed by atoms with Gasteiger partial charge in [0.2, 0.25) is 0 Å². The molecule has 19 heavy (non-hydrogen) atoms. The normalized spacial score (nSPS) is 18.7. The zero-order chi connectivity index (χ0) is 13.7. The van der Waals surface area contributed by atoms with Crippen molar-refractivity contribution in [3.05, 3.63) is 34.3 Å². The van der Waals surface area contributed by atoms with Gasteiger partial charge in [-0.3, -0.25) is 4.90 Å². The van der Waals surface area contributed by atoms with Crippen LogP contribution in [0.15, 0.2) is 28.7 Å². The van der Waals surface area contributed by atoms with Gasteiger partial charge in [0.15, 0.2) is 0 Å². The Balaban J connectivity index is 1.83. The van der Waals surface area contributed by atoms with Gasteiger partial charge >= 0.3 is 0 Å². The molecule has 0 aromatic heterocycles. The van der Waals surface area contributed by atoms with Crippen LogP contribution < -0.4 is 5.32 Å². The first-order chi connectivity index (χ1) is 9.16. The Morgan fingerprint density at radius 1 is 1.32 bits per heavy atom. The molecule has 0 amide bonds. The summed E-state index contributed by atoms with van der Waals surface area (Å²) in [6.07, 6.45) is 0. The summed E-state index contributed by atoms with van der Waals surface area (Å²) in [4.78, 5) is 4.99. The molecule has 1 aromatic rings. The van der Waals surface area contributed by atoms with E-state index in [9.17, 15) is 0 Å². The molecule has 1 aliphatic rings. The Labute approximate surface area is 125 Å².